The van der Waals surface area contributed by atoms with E-state index < -0.39 is 12.0 Å². The van der Waals surface area contributed by atoms with Crippen molar-refractivity contribution in [2.24, 2.45) is 17.6 Å². The van der Waals surface area contributed by atoms with Crippen molar-refractivity contribution < 1.29 is 14.3 Å². The molecule has 0 aliphatic carbocycles. The minimum Gasteiger partial charge on any atom is -0.376 e. The van der Waals surface area contributed by atoms with Gasteiger partial charge in [-0.25, -0.2) is 0 Å². The van der Waals surface area contributed by atoms with Crippen molar-refractivity contribution in [3.05, 3.63) is 90.0 Å². The SMILES string of the molecule is C=C(CBr)C[C@H](COCc1ccccc1)C(CC=Cc1ccccc1)C(=O)N[C@H](CCCN)C(=O)NC. The molecule has 2 rings (SSSR count). The minimum absolute atomic E-state index is 0.117. The maximum atomic E-state index is 13.7. The van der Waals surface area contributed by atoms with Gasteiger partial charge in [-0.05, 0) is 49.3 Å². The molecule has 4 N–H and O–H groups in total. The first-order valence-electron chi connectivity index (χ1n) is 12.8. The van der Waals surface area contributed by atoms with Crippen LogP contribution in [0.2, 0.25) is 0 Å². The Bertz CT molecular complexity index is 982. The molecule has 0 saturated carbocycles. The van der Waals surface area contributed by atoms with E-state index >= 15 is 0 Å². The van der Waals surface area contributed by atoms with Gasteiger partial charge in [-0.15, -0.1) is 0 Å². The molecule has 0 spiro atoms. The molecular weight excluding hydrogens is 530 g/mol. The van der Waals surface area contributed by atoms with E-state index in [0.29, 0.717) is 50.8 Å². The Morgan fingerprint density at radius 1 is 1.08 bits per heavy atom. The summed E-state index contributed by atoms with van der Waals surface area (Å²) in [5.74, 6) is -0.910. The number of halogens is 1. The first kappa shape index (κ1) is 30.5. The van der Waals surface area contributed by atoms with Crippen LogP contribution in [-0.2, 0) is 20.9 Å². The molecule has 200 valence electrons. The third-order valence-corrected chi connectivity index (χ3v) is 6.96. The van der Waals surface area contributed by atoms with E-state index in [-0.39, 0.29) is 17.7 Å². The number of likely N-dealkylation sites (N-methyl/N-ethyl adjacent to an activating group) is 1. The van der Waals surface area contributed by atoms with Gasteiger partial charge in [0.2, 0.25) is 11.8 Å². The van der Waals surface area contributed by atoms with E-state index in [1.54, 1.807) is 7.05 Å². The average molecular weight is 571 g/mol. The van der Waals surface area contributed by atoms with Gasteiger partial charge in [0.15, 0.2) is 0 Å². The lowest BCUT2D eigenvalue weighted by Gasteiger charge is -2.28. The lowest BCUT2D eigenvalue weighted by atomic mass is 9.84. The zero-order chi connectivity index (χ0) is 26.9. The zero-order valence-corrected chi connectivity index (χ0v) is 23.3. The molecular formula is C30H40BrN3O3. The maximum absolute atomic E-state index is 13.7. The summed E-state index contributed by atoms with van der Waals surface area (Å²) in [5.41, 5.74) is 8.80. The van der Waals surface area contributed by atoms with E-state index in [2.05, 4.69) is 33.1 Å². The summed E-state index contributed by atoms with van der Waals surface area (Å²) in [7, 11) is 1.57. The quantitative estimate of drug-likeness (QED) is 0.187. The molecule has 0 bridgehead atoms. The first-order chi connectivity index (χ1) is 18.0. The molecule has 2 aromatic carbocycles. The van der Waals surface area contributed by atoms with E-state index in [9.17, 15) is 9.59 Å². The Kier molecular flexibility index (Phi) is 14.6. The Hall–Kier alpha value is -2.74. The Labute approximate surface area is 229 Å². The van der Waals surface area contributed by atoms with E-state index in [1.165, 1.54) is 0 Å². The molecule has 3 atom stereocenters. The standard InChI is InChI=1S/C30H40BrN3O3/c1-23(20-31)19-26(22-37-21-25-13-7-4-8-14-25)27(16-9-15-24-11-5-3-6-12-24)29(35)34-28(17-10-18-32)30(36)33-2/h3-9,11-15,26-28H,1,10,16-22,32H2,2H3,(H,33,36)(H,34,35)/t26-,27?,28-/m1/s1. The molecule has 0 fully saturated rings. The van der Waals surface area contributed by atoms with Crippen LogP contribution in [0.25, 0.3) is 6.08 Å². The number of alkyl halides is 1. The first-order valence-corrected chi connectivity index (χ1v) is 13.9. The Balaban J connectivity index is 2.25. The largest absolute Gasteiger partial charge is 0.376 e. The van der Waals surface area contributed by atoms with Crippen LogP contribution in [0.1, 0.15) is 36.8 Å². The van der Waals surface area contributed by atoms with Gasteiger partial charge in [0.25, 0.3) is 0 Å². The number of rotatable bonds is 17. The number of nitrogens with one attached hydrogen (secondary N) is 2. The number of carbonyl (C=O) groups is 2. The number of amides is 2. The van der Waals surface area contributed by atoms with E-state index in [4.69, 9.17) is 10.5 Å². The average Bonchev–Trinajstić information content (AvgIpc) is 2.93. The van der Waals surface area contributed by atoms with Crippen molar-refractivity contribution in [1.82, 2.24) is 10.6 Å². The molecule has 0 saturated heterocycles. The predicted molar refractivity (Wildman–Crippen MR) is 155 cm³/mol. The molecule has 0 aromatic heterocycles. The van der Waals surface area contributed by atoms with Crippen LogP contribution in [0.15, 0.2) is 78.9 Å². The second kappa shape index (κ2) is 17.7. The maximum Gasteiger partial charge on any atom is 0.242 e. The number of ether oxygens (including phenoxy) is 1. The summed E-state index contributed by atoms with van der Waals surface area (Å²) in [5, 5.41) is 6.29. The Morgan fingerprint density at radius 3 is 2.38 bits per heavy atom. The number of allylic oxidation sites excluding steroid dienone is 2. The van der Waals surface area contributed by atoms with Gasteiger partial charge in [0.05, 0.1) is 13.2 Å². The number of nitrogens with two attached hydrogens (primary N) is 1. The summed E-state index contributed by atoms with van der Waals surface area (Å²) in [4.78, 5) is 26.1. The van der Waals surface area contributed by atoms with Crippen LogP contribution in [0.3, 0.4) is 0 Å². The molecule has 1 unspecified atom stereocenters. The highest BCUT2D eigenvalue weighted by molar-refractivity contribution is 9.09. The number of carbonyl (C=O) groups excluding carboxylic acids is 2. The van der Waals surface area contributed by atoms with Crippen molar-refractivity contribution in [2.75, 3.05) is 25.5 Å². The summed E-state index contributed by atoms with van der Waals surface area (Å²) >= 11 is 3.50. The molecule has 6 nitrogen and oxygen atoms in total. The summed E-state index contributed by atoms with van der Waals surface area (Å²) in [6.07, 6.45) is 6.30. The van der Waals surface area contributed by atoms with Crippen LogP contribution in [-0.4, -0.2) is 43.4 Å². The van der Waals surface area contributed by atoms with Gasteiger partial charge in [-0.3, -0.25) is 9.59 Å². The molecule has 0 aliphatic heterocycles. The molecule has 0 heterocycles. The Morgan fingerprint density at radius 2 is 1.76 bits per heavy atom. The third-order valence-electron chi connectivity index (χ3n) is 6.17. The van der Waals surface area contributed by atoms with Crippen molar-refractivity contribution in [2.45, 2.75) is 38.3 Å². The van der Waals surface area contributed by atoms with Gasteiger partial charge < -0.3 is 21.1 Å². The third kappa shape index (κ3) is 11.5. The zero-order valence-electron chi connectivity index (χ0n) is 21.7. The highest BCUT2D eigenvalue weighted by Gasteiger charge is 2.31. The molecule has 0 radical (unpaired) electrons. The van der Waals surface area contributed by atoms with Crippen LogP contribution < -0.4 is 16.4 Å². The van der Waals surface area contributed by atoms with Crippen LogP contribution >= 0.6 is 15.9 Å². The lowest BCUT2D eigenvalue weighted by Crippen LogP contribution is -2.49. The molecule has 2 amide bonds. The van der Waals surface area contributed by atoms with Crippen molar-refractivity contribution >= 4 is 33.8 Å². The fourth-order valence-electron chi connectivity index (χ4n) is 4.12. The van der Waals surface area contributed by atoms with Crippen LogP contribution in [0.5, 0.6) is 0 Å². The molecule has 37 heavy (non-hydrogen) atoms. The number of hydrogen-bond donors (Lipinski definition) is 3. The van der Waals surface area contributed by atoms with Crippen molar-refractivity contribution in [3.63, 3.8) is 0 Å². The summed E-state index contributed by atoms with van der Waals surface area (Å²) < 4.78 is 6.11. The van der Waals surface area contributed by atoms with Gasteiger partial charge >= 0.3 is 0 Å². The minimum atomic E-state index is -0.632. The van der Waals surface area contributed by atoms with Crippen molar-refractivity contribution in [1.29, 1.82) is 0 Å². The lowest BCUT2D eigenvalue weighted by molar-refractivity contribution is -0.132. The van der Waals surface area contributed by atoms with Crippen LogP contribution in [0, 0.1) is 11.8 Å². The van der Waals surface area contributed by atoms with Gasteiger partial charge in [0, 0.05) is 18.3 Å². The second-order valence-corrected chi connectivity index (χ2v) is 9.67. The summed E-state index contributed by atoms with van der Waals surface area (Å²) in [6, 6.07) is 19.3. The van der Waals surface area contributed by atoms with Gasteiger partial charge in [0.1, 0.15) is 6.04 Å². The number of hydrogen-bond acceptors (Lipinski definition) is 4. The highest BCUT2D eigenvalue weighted by Crippen LogP contribution is 2.26. The monoisotopic (exact) mass is 569 g/mol. The fraction of sp³-hybridized carbons (Fsp3) is 0.400. The van der Waals surface area contributed by atoms with E-state index in [1.807, 2.05) is 72.8 Å². The fourth-order valence-corrected chi connectivity index (χ4v) is 4.35. The van der Waals surface area contributed by atoms with Gasteiger partial charge in [-0.2, -0.15) is 0 Å². The summed E-state index contributed by atoms with van der Waals surface area (Å²) in [6.45, 7) is 5.47. The van der Waals surface area contributed by atoms with Crippen molar-refractivity contribution in [3.8, 4) is 0 Å². The van der Waals surface area contributed by atoms with Crippen LogP contribution in [0.4, 0.5) is 0 Å². The molecule has 7 heteroatoms. The second-order valence-electron chi connectivity index (χ2n) is 9.11. The normalized spacial score (nSPS) is 13.6. The number of benzene rings is 2. The predicted octanol–water partition coefficient (Wildman–Crippen LogP) is 4.85. The van der Waals surface area contributed by atoms with E-state index in [0.717, 1.165) is 16.7 Å². The highest BCUT2D eigenvalue weighted by atomic mass is 79.9. The van der Waals surface area contributed by atoms with Gasteiger partial charge in [-0.1, -0.05) is 101 Å². The topological polar surface area (TPSA) is 93.4 Å². The smallest absolute Gasteiger partial charge is 0.242 e. The molecule has 0 aliphatic rings. The molecule has 2 aromatic rings.